The summed E-state index contributed by atoms with van der Waals surface area (Å²) < 4.78 is 0.448. The van der Waals surface area contributed by atoms with Crippen molar-refractivity contribution in [1.29, 1.82) is 0 Å². The molecule has 0 spiro atoms. The molecule has 0 fully saturated rings. The average Bonchev–Trinajstić information content (AvgIpc) is 2.15. The average molecular weight is 194 g/mol. The Labute approximate surface area is 81.5 Å². The van der Waals surface area contributed by atoms with Gasteiger partial charge in [0.05, 0.1) is 5.56 Å². The standard InChI is InChI=1S/C9H10N2OS/c1-2-5-10-8(12)7-4-3-6-11-9(7)13/h2-4,6H,1,5H2,(H,10,12)(H,11,13). The van der Waals surface area contributed by atoms with Gasteiger partial charge in [-0.3, -0.25) is 4.79 Å². The quantitative estimate of drug-likeness (QED) is 0.567. The first-order chi connectivity index (χ1) is 6.25. The van der Waals surface area contributed by atoms with E-state index in [2.05, 4.69) is 16.9 Å². The molecule has 0 aliphatic rings. The predicted molar refractivity (Wildman–Crippen MR) is 54.2 cm³/mol. The van der Waals surface area contributed by atoms with Crippen molar-refractivity contribution in [2.75, 3.05) is 6.54 Å². The maximum Gasteiger partial charge on any atom is 0.254 e. The predicted octanol–water partition coefficient (Wildman–Crippen LogP) is 1.66. The molecular formula is C9H10N2OS. The molecule has 0 saturated carbocycles. The van der Waals surface area contributed by atoms with Gasteiger partial charge in [-0.25, -0.2) is 0 Å². The SMILES string of the molecule is C=CCNC(=O)c1ccc[nH]c1=S. The monoisotopic (exact) mass is 194 g/mol. The van der Waals surface area contributed by atoms with Gasteiger partial charge >= 0.3 is 0 Å². The third kappa shape index (κ3) is 2.52. The van der Waals surface area contributed by atoms with Crippen molar-refractivity contribution in [3.8, 4) is 0 Å². The van der Waals surface area contributed by atoms with Gasteiger partial charge in [-0.2, -0.15) is 0 Å². The first kappa shape index (κ1) is 9.67. The smallest absolute Gasteiger partial charge is 0.254 e. The third-order valence-electron chi connectivity index (χ3n) is 1.47. The lowest BCUT2D eigenvalue weighted by Crippen LogP contribution is -2.23. The summed E-state index contributed by atoms with van der Waals surface area (Å²) in [4.78, 5) is 14.2. The summed E-state index contributed by atoms with van der Waals surface area (Å²) in [5.41, 5.74) is 0.486. The Hall–Kier alpha value is -1.42. The van der Waals surface area contributed by atoms with Gasteiger partial charge in [0.2, 0.25) is 0 Å². The Morgan fingerprint density at radius 1 is 1.77 bits per heavy atom. The maximum atomic E-state index is 11.4. The summed E-state index contributed by atoms with van der Waals surface area (Å²) in [6.07, 6.45) is 3.31. The number of rotatable bonds is 3. The van der Waals surface area contributed by atoms with E-state index < -0.39 is 0 Å². The molecule has 1 heterocycles. The van der Waals surface area contributed by atoms with E-state index in [-0.39, 0.29) is 5.91 Å². The van der Waals surface area contributed by atoms with Crippen molar-refractivity contribution in [3.63, 3.8) is 0 Å². The van der Waals surface area contributed by atoms with E-state index in [1.54, 1.807) is 24.4 Å². The topological polar surface area (TPSA) is 44.9 Å². The fourth-order valence-electron chi connectivity index (χ4n) is 0.860. The third-order valence-corrected chi connectivity index (χ3v) is 1.81. The molecule has 2 N–H and O–H groups in total. The molecule has 0 atom stereocenters. The molecule has 4 heteroatoms. The largest absolute Gasteiger partial charge is 0.352 e. The summed E-state index contributed by atoms with van der Waals surface area (Å²) in [6.45, 7) is 3.95. The number of aromatic nitrogens is 1. The van der Waals surface area contributed by atoms with Crippen molar-refractivity contribution in [3.05, 3.63) is 41.2 Å². The lowest BCUT2D eigenvalue weighted by Gasteiger charge is -2.01. The van der Waals surface area contributed by atoms with Gasteiger partial charge < -0.3 is 10.3 Å². The Morgan fingerprint density at radius 2 is 2.54 bits per heavy atom. The van der Waals surface area contributed by atoms with Crippen LogP contribution in [-0.2, 0) is 0 Å². The van der Waals surface area contributed by atoms with E-state index in [1.165, 1.54) is 0 Å². The first-order valence-corrected chi connectivity index (χ1v) is 4.23. The summed E-state index contributed by atoms with van der Waals surface area (Å²) in [6, 6.07) is 3.41. The lowest BCUT2D eigenvalue weighted by molar-refractivity contribution is 0.0957. The number of nitrogens with one attached hydrogen (secondary N) is 2. The number of amides is 1. The molecule has 0 aliphatic carbocycles. The van der Waals surface area contributed by atoms with Crippen LogP contribution in [0, 0.1) is 4.64 Å². The van der Waals surface area contributed by atoms with Crippen LogP contribution in [0.3, 0.4) is 0 Å². The van der Waals surface area contributed by atoms with Crippen molar-refractivity contribution in [2.24, 2.45) is 0 Å². The second-order valence-electron chi connectivity index (χ2n) is 2.41. The summed E-state index contributed by atoms with van der Waals surface area (Å²) in [7, 11) is 0. The molecule has 1 aromatic heterocycles. The molecule has 0 saturated heterocycles. The van der Waals surface area contributed by atoms with Crippen molar-refractivity contribution >= 4 is 18.1 Å². The summed E-state index contributed by atoms with van der Waals surface area (Å²) in [5.74, 6) is -0.179. The van der Waals surface area contributed by atoms with E-state index in [0.29, 0.717) is 16.7 Å². The van der Waals surface area contributed by atoms with Gasteiger partial charge in [0.1, 0.15) is 4.64 Å². The van der Waals surface area contributed by atoms with Crippen molar-refractivity contribution in [1.82, 2.24) is 10.3 Å². The van der Waals surface area contributed by atoms with Crippen LogP contribution in [0.25, 0.3) is 0 Å². The zero-order valence-corrected chi connectivity index (χ0v) is 7.86. The molecule has 1 amide bonds. The van der Waals surface area contributed by atoms with Gasteiger partial charge in [0, 0.05) is 12.7 Å². The highest BCUT2D eigenvalue weighted by molar-refractivity contribution is 7.71. The van der Waals surface area contributed by atoms with Crippen LogP contribution in [0.1, 0.15) is 10.4 Å². The molecule has 1 rings (SSSR count). The second kappa shape index (κ2) is 4.57. The van der Waals surface area contributed by atoms with Crippen molar-refractivity contribution in [2.45, 2.75) is 0 Å². The van der Waals surface area contributed by atoms with Gasteiger partial charge in [-0.15, -0.1) is 6.58 Å². The number of hydrogen-bond donors (Lipinski definition) is 2. The number of hydrogen-bond acceptors (Lipinski definition) is 2. The number of pyridine rings is 1. The number of carbonyl (C=O) groups is 1. The molecular weight excluding hydrogens is 184 g/mol. The Bertz CT molecular complexity index is 370. The summed E-state index contributed by atoms with van der Waals surface area (Å²) >= 11 is 4.94. The maximum absolute atomic E-state index is 11.4. The number of H-pyrrole nitrogens is 1. The molecule has 0 bridgehead atoms. The zero-order chi connectivity index (χ0) is 9.68. The van der Waals surface area contributed by atoms with Crippen LogP contribution in [0.5, 0.6) is 0 Å². The highest BCUT2D eigenvalue weighted by Crippen LogP contribution is 1.98. The molecule has 13 heavy (non-hydrogen) atoms. The van der Waals surface area contributed by atoms with E-state index in [0.717, 1.165) is 0 Å². The Balaban J connectivity index is 2.83. The van der Waals surface area contributed by atoms with Crippen LogP contribution in [-0.4, -0.2) is 17.4 Å². The normalized spacial score (nSPS) is 9.23. The molecule has 1 aromatic rings. The van der Waals surface area contributed by atoms with Crippen molar-refractivity contribution < 1.29 is 4.79 Å². The van der Waals surface area contributed by atoms with Gasteiger partial charge in [-0.05, 0) is 12.1 Å². The molecule has 68 valence electrons. The number of aromatic amines is 1. The van der Waals surface area contributed by atoms with E-state index in [4.69, 9.17) is 12.2 Å². The van der Waals surface area contributed by atoms with E-state index in [9.17, 15) is 4.79 Å². The van der Waals surface area contributed by atoms with Crippen LogP contribution in [0.2, 0.25) is 0 Å². The van der Waals surface area contributed by atoms with Gasteiger partial charge in [0.25, 0.3) is 5.91 Å². The Morgan fingerprint density at radius 3 is 3.15 bits per heavy atom. The van der Waals surface area contributed by atoms with Crippen LogP contribution >= 0.6 is 12.2 Å². The fraction of sp³-hybridized carbons (Fsp3) is 0.111. The summed E-state index contributed by atoms with van der Waals surface area (Å²) in [5, 5.41) is 2.65. The molecule has 0 aromatic carbocycles. The fourth-order valence-corrected chi connectivity index (χ4v) is 1.09. The second-order valence-corrected chi connectivity index (χ2v) is 2.82. The molecule has 0 unspecified atom stereocenters. The lowest BCUT2D eigenvalue weighted by atomic mass is 10.3. The minimum atomic E-state index is -0.179. The van der Waals surface area contributed by atoms with Crippen LogP contribution in [0.15, 0.2) is 31.0 Å². The number of carbonyl (C=O) groups excluding carboxylic acids is 1. The minimum Gasteiger partial charge on any atom is -0.352 e. The van der Waals surface area contributed by atoms with Crippen LogP contribution < -0.4 is 5.32 Å². The van der Waals surface area contributed by atoms with E-state index in [1.807, 2.05) is 0 Å². The zero-order valence-electron chi connectivity index (χ0n) is 7.04. The Kier molecular flexibility index (Phi) is 3.40. The highest BCUT2D eigenvalue weighted by atomic mass is 32.1. The van der Waals surface area contributed by atoms with E-state index >= 15 is 0 Å². The molecule has 0 aliphatic heterocycles. The molecule has 3 nitrogen and oxygen atoms in total. The van der Waals surface area contributed by atoms with Crippen LogP contribution in [0.4, 0.5) is 0 Å². The molecule has 0 radical (unpaired) electrons. The first-order valence-electron chi connectivity index (χ1n) is 3.82. The van der Waals surface area contributed by atoms with Gasteiger partial charge in [-0.1, -0.05) is 18.3 Å². The minimum absolute atomic E-state index is 0.179. The van der Waals surface area contributed by atoms with Gasteiger partial charge in [0.15, 0.2) is 0 Å². The highest BCUT2D eigenvalue weighted by Gasteiger charge is 2.04.